The number of rotatable bonds is 9. The van der Waals surface area contributed by atoms with Gasteiger partial charge >= 0.3 is 24.4 Å². The van der Waals surface area contributed by atoms with Crippen LogP contribution in [0.3, 0.4) is 0 Å². The summed E-state index contributed by atoms with van der Waals surface area (Å²) in [5, 5.41) is 5.61. The highest BCUT2D eigenvalue weighted by molar-refractivity contribution is 6.08. The third-order valence-corrected chi connectivity index (χ3v) is 11.6. The van der Waals surface area contributed by atoms with E-state index in [1.54, 1.807) is 36.4 Å². The average molecular weight is 852 g/mol. The number of amides is 6. The van der Waals surface area contributed by atoms with Crippen LogP contribution in [0.15, 0.2) is 131 Å². The van der Waals surface area contributed by atoms with Gasteiger partial charge in [-0.25, -0.2) is 9.59 Å². The number of anilines is 3. The van der Waals surface area contributed by atoms with Crippen LogP contribution >= 0.6 is 0 Å². The molecule has 0 radical (unpaired) electrons. The molecule has 0 saturated heterocycles. The van der Waals surface area contributed by atoms with Gasteiger partial charge in [-0.2, -0.15) is 26.3 Å². The van der Waals surface area contributed by atoms with E-state index < -0.39 is 59.4 Å². The zero-order chi connectivity index (χ0) is 43.7. The number of hydrogen-bond donors (Lipinski definition) is 3. The number of benzene rings is 4. The molecule has 4 aromatic carbocycles. The summed E-state index contributed by atoms with van der Waals surface area (Å²) in [6.45, 7) is -0.178. The summed E-state index contributed by atoms with van der Waals surface area (Å²) in [5.74, 6) is -0.944. The molecular weight excluding hydrogens is 817 g/mol. The topological polar surface area (TPSA) is 131 Å². The summed E-state index contributed by atoms with van der Waals surface area (Å²) in [5.41, 5.74) is 11.1. The Balaban J connectivity index is 0.984. The third-order valence-electron chi connectivity index (χ3n) is 11.6. The number of nitrogens with zero attached hydrogens (tertiary/aromatic N) is 4. The van der Waals surface area contributed by atoms with Crippen molar-refractivity contribution in [1.82, 2.24) is 20.4 Å². The molecule has 4 heterocycles. The van der Waals surface area contributed by atoms with E-state index in [-0.39, 0.29) is 66.5 Å². The lowest BCUT2D eigenvalue weighted by atomic mass is 9.92. The van der Waals surface area contributed by atoms with Crippen LogP contribution in [0.2, 0.25) is 0 Å². The van der Waals surface area contributed by atoms with E-state index in [1.807, 2.05) is 18.2 Å². The molecule has 316 valence electrons. The van der Waals surface area contributed by atoms with E-state index in [9.17, 15) is 45.5 Å². The fraction of sp³-hybridized carbons (Fsp3) is 0.222. The standard InChI is InChI=1S/C45H35F6N7O4/c46-44(47,48)29-7-2-9-32(21-29)57-34-23-55(40(59)36(34)38(53-42(57)61)27-13-11-26(12-14-27)25-5-1-6-25)19-4-20-56-24-35-37(41(56)60)39(28-15-17-31(52)18-16-28)54-43(62)58(35)33-10-3-8-30(22-33)45(49,50)51/h1-3,7-18,21-22,38-39H,4-5,19-20,23-24,52H2,(H,53,61)(H,54,62)/t38-,39-/m1/s1. The largest absolute Gasteiger partial charge is 0.416 e. The molecule has 62 heavy (non-hydrogen) atoms. The van der Waals surface area contributed by atoms with Crippen LogP contribution in [-0.2, 0) is 21.9 Å². The Morgan fingerprint density at radius 1 is 0.629 bits per heavy atom. The highest BCUT2D eigenvalue weighted by Gasteiger charge is 2.47. The Morgan fingerprint density at radius 3 is 1.47 bits per heavy atom. The second-order valence-electron chi connectivity index (χ2n) is 15.4. The maximum absolute atomic E-state index is 14.4. The Bertz CT molecular complexity index is 2680. The number of nitrogens with two attached hydrogens (primary N) is 1. The van der Waals surface area contributed by atoms with Crippen LogP contribution in [0.1, 0.15) is 52.7 Å². The number of alkyl halides is 6. The quantitative estimate of drug-likeness (QED) is 0.0891. The van der Waals surface area contributed by atoms with E-state index in [1.165, 1.54) is 34.1 Å². The van der Waals surface area contributed by atoms with Crippen molar-refractivity contribution in [2.45, 2.75) is 37.3 Å². The van der Waals surface area contributed by atoms with E-state index in [2.05, 4.69) is 16.4 Å². The van der Waals surface area contributed by atoms with Crippen LogP contribution < -0.4 is 26.2 Å². The number of carbonyl (C=O) groups is 4. The van der Waals surface area contributed by atoms with Crippen molar-refractivity contribution in [3.05, 3.63) is 159 Å². The molecule has 4 N–H and O–H groups in total. The van der Waals surface area contributed by atoms with Crippen molar-refractivity contribution in [3.8, 4) is 0 Å². The maximum atomic E-state index is 14.4. The molecule has 4 aromatic rings. The normalized spacial score (nSPS) is 20.1. The van der Waals surface area contributed by atoms with Crippen molar-refractivity contribution < 1.29 is 45.5 Å². The lowest BCUT2D eigenvalue weighted by Crippen LogP contribution is -2.47. The first-order valence-electron chi connectivity index (χ1n) is 19.6. The summed E-state index contributed by atoms with van der Waals surface area (Å²) in [6.07, 6.45) is -6.57. The number of nitrogen functional groups attached to an aromatic ring is 1. The summed E-state index contributed by atoms with van der Waals surface area (Å²) in [6, 6.07) is 18.9. The van der Waals surface area contributed by atoms with Gasteiger partial charge < -0.3 is 26.2 Å². The van der Waals surface area contributed by atoms with Gasteiger partial charge in [0.05, 0.1) is 70.2 Å². The minimum absolute atomic E-state index is 0.0447. The van der Waals surface area contributed by atoms with Gasteiger partial charge in [0.2, 0.25) is 0 Å². The molecule has 0 unspecified atom stereocenters. The van der Waals surface area contributed by atoms with Gasteiger partial charge in [-0.15, -0.1) is 5.73 Å². The molecule has 0 spiro atoms. The molecule has 4 aliphatic heterocycles. The Morgan fingerprint density at radius 2 is 1.06 bits per heavy atom. The number of urea groups is 2. The van der Waals surface area contributed by atoms with Gasteiger partial charge in [0.15, 0.2) is 0 Å². The molecule has 0 saturated carbocycles. The van der Waals surface area contributed by atoms with E-state index in [4.69, 9.17) is 5.73 Å². The highest BCUT2D eigenvalue weighted by Crippen LogP contribution is 2.43. The zero-order valence-electron chi connectivity index (χ0n) is 32.5. The summed E-state index contributed by atoms with van der Waals surface area (Å²) < 4.78 is 82.8. The predicted octanol–water partition coefficient (Wildman–Crippen LogP) is 8.07. The molecule has 0 bridgehead atoms. The summed E-state index contributed by atoms with van der Waals surface area (Å²) >= 11 is 0. The second-order valence-corrected chi connectivity index (χ2v) is 15.4. The first-order valence-corrected chi connectivity index (χ1v) is 19.6. The lowest BCUT2D eigenvalue weighted by molar-refractivity contribution is -0.138. The monoisotopic (exact) mass is 851 g/mol. The van der Waals surface area contributed by atoms with E-state index in [0.29, 0.717) is 16.8 Å². The van der Waals surface area contributed by atoms with Gasteiger partial charge in [-0.3, -0.25) is 19.4 Å². The van der Waals surface area contributed by atoms with Crippen molar-refractivity contribution in [3.63, 3.8) is 0 Å². The number of nitrogens with one attached hydrogen (secondary N) is 2. The minimum Gasteiger partial charge on any atom is -0.399 e. The number of allylic oxidation sites excluding steroid dienone is 1. The first kappa shape index (κ1) is 40.2. The van der Waals surface area contributed by atoms with Crippen molar-refractivity contribution in [2.75, 3.05) is 41.7 Å². The molecule has 0 aromatic heterocycles. The molecule has 5 aliphatic rings. The fourth-order valence-corrected chi connectivity index (χ4v) is 8.46. The van der Waals surface area contributed by atoms with Crippen molar-refractivity contribution >= 4 is 46.5 Å². The molecule has 1 aliphatic carbocycles. The Labute approximate surface area is 350 Å². The molecule has 2 atom stereocenters. The minimum atomic E-state index is -4.70. The maximum Gasteiger partial charge on any atom is 0.416 e. The van der Waals surface area contributed by atoms with E-state index in [0.717, 1.165) is 51.6 Å². The Hall–Kier alpha value is -7.26. The van der Waals surface area contributed by atoms with Crippen LogP contribution in [-0.4, -0.2) is 59.9 Å². The van der Waals surface area contributed by atoms with Crippen LogP contribution in [0.4, 0.5) is 53.0 Å². The lowest BCUT2D eigenvalue weighted by Gasteiger charge is -2.34. The molecule has 6 amide bonds. The first-order chi connectivity index (χ1) is 29.6. The molecule has 9 rings (SSSR count). The van der Waals surface area contributed by atoms with Gasteiger partial charge in [0, 0.05) is 30.8 Å². The van der Waals surface area contributed by atoms with Crippen molar-refractivity contribution in [2.24, 2.45) is 0 Å². The zero-order valence-corrected chi connectivity index (χ0v) is 32.5. The fourth-order valence-electron chi connectivity index (χ4n) is 8.46. The van der Waals surface area contributed by atoms with Crippen LogP contribution in [0.5, 0.6) is 0 Å². The van der Waals surface area contributed by atoms with Crippen molar-refractivity contribution in [1.29, 1.82) is 0 Å². The SMILES string of the molecule is Nc1ccc([C@H]2NC(=O)N(c3cccc(C(F)(F)F)c3)C3=C2C(=O)N(CCCN2CC4=C(C2=O)[C@@H](c2ccc(C5=C=CC5)cc2)NC(=O)N4c2cccc(C(F)(F)F)c2)C3)cc1. The molecular formula is C45H35F6N7O4. The third kappa shape index (κ3) is 7.13. The van der Waals surface area contributed by atoms with E-state index >= 15 is 0 Å². The average Bonchev–Trinajstić information content (AvgIpc) is 3.71. The van der Waals surface area contributed by atoms with Gasteiger partial charge in [-0.05, 0) is 77.7 Å². The Kier molecular flexibility index (Phi) is 9.73. The van der Waals surface area contributed by atoms with Crippen LogP contribution in [0, 0.1) is 0 Å². The second kappa shape index (κ2) is 15.0. The number of carbonyl (C=O) groups excluding carboxylic acids is 4. The number of hydrogen-bond acceptors (Lipinski definition) is 5. The summed E-state index contributed by atoms with van der Waals surface area (Å²) in [7, 11) is 0. The van der Waals surface area contributed by atoms with Gasteiger partial charge in [-0.1, -0.05) is 48.5 Å². The summed E-state index contributed by atoms with van der Waals surface area (Å²) in [4.78, 5) is 61.3. The highest BCUT2D eigenvalue weighted by atomic mass is 19.4. The van der Waals surface area contributed by atoms with Gasteiger partial charge in [0.25, 0.3) is 11.8 Å². The molecule has 0 fully saturated rings. The molecule has 17 heteroatoms. The van der Waals surface area contributed by atoms with Crippen LogP contribution in [0.25, 0.3) is 5.57 Å². The molecule has 11 nitrogen and oxygen atoms in total. The number of halogens is 6. The van der Waals surface area contributed by atoms with Gasteiger partial charge in [0.1, 0.15) is 0 Å². The smallest absolute Gasteiger partial charge is 0.399 e. The predicted molar refractivity (Wildman–Crippen MR) is 216 cm³/mol.